The molecule has 0 unspecified atom stereocenters. The van der Waals surface area contributed by atoms with Crippen molar-refractivity contribution in [3.63, 3.8) is 0 Å². The van der Waals surface area contributed by atoms with Crippen molar-refractivity contribution >= 4 is 11.9 Å². The third-order valence-electron chi connectivity index (χ3n) is 6.54. The lowest BCUT2D eigenvalue weighted by Gasteiger charge is -2.34. The smallest absolute Gasteiger partial charge is 0.328 e. The van der Waals surface area contributed by atoms with Gasteiger partial charge in [0.15, 0.2) is 0 Å². The Labute approximate surface area is 218 Å². The standard InChI is InChI=1S/C26H31N3.C4H4O4/c1-20-15-25(16-21(2)22(20)3)26-17-24(9-10-27-26)19-29-13-11-28(12-14-29)18-23-7-5-4-6-8-23;5-3(6)1-2-4(7)8/h4-10,15-17H,11-14,18-19H2,1-3H3;1-2H,(H,5,6)(H,7,8)/b;2-1-. The molecule has 1 aromatic heterocycles. The van der Waals surface area contributed by atoms with E-state index < -0.39 is 11.9 Å². The lowest BCUT2D eigenvalue weighted by Crippen LogP contribution is -2.45. The predicted molar refractivity (Wildman–Crippen MR) is 145 cm³/mol. The zero-order chi connectivity index (χ0) is 26.8. The Kier molecular flexibility index (Phi) is 10.1. The highest BCUT2D eigenvalue weighted by Gasteiger charge is 2.17. The van der Waals surface area contributed by atoms with Gasteiger partial charge in [0, 0.05) is 63.2 Å². The molecule has 194 valence electrons. The number of carboxylic acids is 2. The van der Waals surface area contributed by atoms with Gasteiger partial charge in [-0.1, -0.05) is 30.3 Å². The number of hydrogen-bond donors (Lipinski definition) is 2. The number of hydrogen-bond acceptors (Lipinski definition) is 5. The van der Waals surface area contributed by atoms with E-state index in [0.717, 1.165) is 45.0 Å². The molecule has 2 aromatic carbocycles. The largest absolute Gasteiger partial charge is 0.478 e. The number of carbonyl (C=O) groups is 2. The monoisotopic (exact) mass is 501 g/mol. The van der Waals surface area contributed by atoms with Gasteiger partial charge in [0.2, 0.25) is 0 Å². The first kappa shape index (κ1) is 27.8. The molecule has 7 heteroatoms. The molecule has 1 aliphatic heterocycles. The number of benzene rings is 2. The van der Waals surface area contributed by atoms with Crippen molar-refractivity contribution in [3.05, 3.63) is 101 Å². The molecule has 1 fully saturated rings. The minimum absolute atomic E-state index is 0.558. The van der Waals surface area contributed by atoms with Crippen LogP contribution in [0, 0.1) is 20.8 Å². The molecule has 0 saturated carbocycles. The van der Waals surface area contributed by atoms with Crippen LogP contribution < -0.4 is 0 Å². The maximum absolute atomic E-state index is 9.55. The van der Waals surface area contributed by atoms with E-state index in [-0.39, 0.29) is 0 Å². The Morgan fingerprint density at radius 3 is 1.81 bits per heavy atom. The predicted octanol–water partition coefficient (Wildman–Crippen LogP) is 4.70. The Morgan fingerprint density at radius 1 is 0.784 bits per heavy atom. The molecule has 0 bridgehead atoms. The summed E-state index contributed by atoms with van der Waals surface area (Å²) in [7, 11) is 0. The number of aliphatic carboxylic acids is 2. The first-order valence-corrected chi connectivity index (χ1v) is 12.4. The summed E-state index contributed by atoms with van der Waals surface area (Å²) in [5.41, 5.74) is 9.10. The Bertz CT molecular complexity index is 1190. The van der Waals surface area contributed by atoms with Crippen LogP contribution in [0.1, 0.15) is 27.8 Å². The number of nitrogens with zero attached hydrogens (tertiary/aromatic N) is 3. The van der Waals surface area contributed by atoms with Gasteiger partial charge in [-0.15, -0.1) is 0 Å². The van der Waals surface area contributed by atoms with Crippen LogP contribution in [0.3, 0.4) is 0 Å². The Balaban J connectivity index is 0.000000414. The van der Waals surface area contributed by atoms with Crippen molar-refractivity contribution in [2.75, 3.05) is 26.2 Å². The normalized spacial score (nSPS) is 14.2. The zero-order valence-electron chi connectivity index (χ0n) is 21.7. The van der Waals surface area contributed by atoms with Crippen LogP contribution in [0.2, 0.25) is 0 Å². The summed E-state index contributed by atoms with van der Waals surface area (Å²) < 4.78 is 0. The minimum Gasteiger partial charge on any atom is -0.478 e. The summed E-state index contributed by atoms with van der Waals surface area (Å²) in [6, 6.07) is 19.7. The molecule has 0 radical (unpaired) electrons. The third kappa shape index (κ3) is 8.97. The van der Waals surface area contributed by atoms with Crippen LogP contribution in [0.15, 0.2) is 72.9 Å². The summed E-state index contributed by atoms with van der Waals surface area (Å²) in [5.74, 6) is -2.51. The maximum Gasteiger partial charge on any atom is 0.328 e. The van der Waals surface area contributed by atoms with Gasteiger partial charge < -0.3 is 10.2 Å². The van der Waals surface area contributed by atoms with E-state index in [1.165, 1.54) is 33.4 Å². The van der Waals surface area contributed by atoms with Crippen molar-refractivity contribution in [2.45, 2.75) is 33.9 Å². The summed E-state index contributed by atoms with van der Waals surface area (Å²) in [4.78, 5) is 28.9. The molecule has 1 aliphatic rings. The van der Waals surface area contributed by atoms with Crippen LogP contribution in [-0.4, -0.2) is 63.1 Å². The van der Waals surface area contributed by atoms with E-state index in [1.54, 1.807) is 0 Å². The number of rotatable bonds is 7. The fraction of sp³-hybridized carbons (Fsp3) is 0.300. The van der Waals surface area contributed by atoms with Gasteiger partial charge in [-0.25, -0.2) is 9.59 Å². The fourth-order valence-corrected chi connectivity index (χ4v) is 4.26. The number of carboxylic acid groups (broad SMARTS) is 2. The first-order chi connectivity index (χ1) is 17.7. The van der Waals surface area contributed by atoms with Gasteiger partial charge >= 0.3 is 11.9 Å². The van der Waals surface area contributed by atoms with Crippen molar-refractivity contribution in [3.8, 4) is 11.3 Å². The molecule has 0 atom stereocenters. The summed E-state index contributed by atoms with van der Waals surface area (Å²) in [6.07, 6.45) is 3.07. The van der Waals surface area contributed by atoms with E-state index >= 15 is 0 Å². The highest BCUT2D eigenvalue weighted by molar-refractivity contribution is 5.89. The molecule has 0 amide bonds. The molecule has 0 spiro atoms. The van der Waals surface area contributed by atoms with E-state index in [9.17, 15) is 9.59 Å². The van der Waals surface area contributed by atoms with E-state index in [4.69, 9.17) is 10.2 Å². The fourth-order valence-electron chi connectivity index (χ4n) is 4.26. The number of piperazine rings is 1. The molecule has 37 heavy (non-hydrogen) atoms. The number of pyridine rings is 1. The molecule has 2 heterocycles. The molecule has 3 aromatic rings. The van der Waals surface area contributed by atoms with Crippen molar-refractivity contribution in [2.24, 2.45) is 0 Å². The van der Waals surface area contributed by atoms with Crippen LogP contribution in [0.4, 0.5) is 0 Å². The summed E-state index contributed by atoms with van der Waals surface area (Å²) in [6.45, 7) is 13.1. The molecule has 1 saturated heterocycles. The maximum atomic E-state index is 9.55. The van der Waals surface area contributed by atoms with Gasteiger partial charge in [0.1, 0.15) is 0 Å². The first-order valence-electron chi connectivity index (χ1n) is 12.4. The average Bonchev–Trinajstić information content (AvgIpc) is 2.88. The summed E-state index contributed by atoms with van der Waals surface area (Å²) in [5, 5.41) is 15.6. The lowest BCUT2D eigenvalue weighted by atomic mass is 9.98. The van der Waals surface area contributed by atoms with Gasteiger partial charge in [0.25, 0.3) is 0 Å². The quantitative estimate of drug-likeness (QED) is 0.453. The van der Waals surface area contributed by atoms with Crippen molar-refractivity contribution in [1.82, 2.24) is 14.8 Å². The summed E-state index contributed by atoms with van der Waals surface area (Å²) >= 11 is 0. The van der Waals surface area contributed by atoms with Crippen LogP contribution in [0.5, 0.6) is 0 Å². The lowest BCUT2D eigenvalue weighted by molar-refractivity contribution is -0.134. The van der Waals surface area contributed by atoms with Crippen LogP contribution in [0.25, 0.3) is 11.3 Å². The highest BCUT2D eigenvalue weighted by Crippen LogP contribution is 2.24. The molecule has 2 N–H and O–H groups in total. The van der Waals surface area contributed by atoms with E-state index in [0.29, 0.717) is 12.2 Å². The van der Waals surface area contributed by atoms with E-state index in [2.05, 4.69) is 90.2 Å². The highest BCUT2D eigenvalue weighted by atomic mass is 16.4. The van der Waals surface area contributed by atoms with Gasteiger partial charge in [-0.3, -0.25) is 14.8 Å². The second kappa shape index (κ2) is 13.5. The van der Waals surface area contributed by atoms with Gasteiger partial charge in [-0.2, -0.15) is 0 Å². The number of aromatic nitrogens is 1. The Morgan fingerprint density at radius 2 is 1.30 bits per heavy atom. The SMILES string of the molecule is Cc1cc(-c2cc(CN3CCN(Cc4ccccc4)CC3)ccn2)cc(C)c1C.O=C(O)/C=C\C(=O)O. The van der Waals surface area contributed by atoms with Gasteiger partial charge in [-0.05, 0) is 72.9 Å². The zero-order valence-corrected chi connectivity index (χ0v) is 21.7. The average molecular weight is 502 g/mol. The van der Waals surface area contributed by atoms with Crippen LogP contribution >= 0.6 is 0 Å². The third-order valence-corrected chi connectivity index (χ3v) is 6.54. The second-order valence-electron chi connectivity index (χ2n) is 9.33. The van der Waals surface area contributed by atoms with Crippen molar-refractivity contribution < 1.29 is 19.8 Å². The minimum atomic E-state index is -1.26. The second-order valence-corrected chi connectivity index (χ2v) is 9.33. The van der Waals surface area contributed by atoms with Crippen LogP contribution in [-0.2, 0) is 22.7 Å². The molecule has 0 aliphatic carbocycles. The van der Waals surface area contributed by atoms with Gasteiger partial charge in [0.05, 0.1) is 5.69 Å². The Hall–Kier alpha value is -3.81. The molecular formula is C30H35N3O4. The van der Waals surface area contributed by atoms with E-state index in [1.807, 2.05) is 6.20 Å². The molecule has 4 rings (SSSR count). The topological polar surface area (TPSA) is 94.0 Å². The number of aryl methyl sites for hydroxylation is 2. The van der Waals surface area contributed by atoms with Crippen molar-refractivity contribution in [1.29, 1.82) is 0 Å². The molecular weight excluding hydrogens is 466 g/mol. The molecule has 7 nitrogen and oxygen atoms in total.